The average molecular weight is 349 g/mol. The number of carbonyl (C=O) groups excluding carboxylic acids is 2. The first-order chi connectivity index (χ1) is 12.7. The number of para-hydroxylation sites is 1. The molecule has 0 bridgehead atoms. The van der Waals surface area contributed by atoms with Crippen LogP contribution in [-0.2, 0) is 4.79 Å². The fourth-order valence-electron chi connectivity index (χ4n) is 2.52. The largest absolute Gasteiger partial charge is 0.484 e. The van der Waals surface area contributed by atoms with Crippen LogP contribution >= 0.6 is 0 Å². The van der Waals surface area contributed by atoms with Crippen molar-refractivity contribution in [3.8, 4) is 5.75 Å². The molecule has 2 aromatic carbocycles. The van der Waals surface area contributed by atoms with E-state index in [0.717, 1.165) is 10.9 Å². The Morgan fingerprint density at radius 2 is 1.81 bits per heavy atom. The highest BCUT2D eigenvalue weighted by molar-refractivity contribution is 6.12. The van der Waals surface area contributed by atoms with Gasteiger partial charge in [-0.1, -0.05) is 18.2 Å². The van der Waals surface area contributed by atoms with Gasteiger partial charge in [0.25, 0.3) is 11.8 Å². The Morgan fingerprint density at radius 3 is 2.58 bits per heavy atom. The van der Waals surface area contributed by atoms with Gasteiger partial charge in [-0.15, -0.1) is 0 Å². The van der Waals surface area contributed by atoms with Gasteiger partial charge in [-0.3, -0.25) is 14.6 Å². The highest BCUT2D eigenvalue weighted by Gasteiger charge is 2.10. The monoisotopic (exact) mass is 349 g/mol. The van der Waals surface area contributed by atoms with E-state index in [0.29, 0.717) is 23.5 Å². The number of fused-ring (bicyclic) bond motifs is 1. The number of nitrogens with one attached hydrogen (secondary N) is 2. The quantitative estimate of drug-likeness (QED) is 0.717. The Labute approximate surface area is 151 Å². The summed E-state index contributed by atoms with van der Waals surface area (Å²) in [5.41, 5.74) is 1.97. The van der Waals surface area contributed by atoms with E-state index in [-0.39, 0.29) is 18.4 Å². The van der Waals surface area contributed by atoms with Gasteiger partial charge in [-0.2, -0.15) is 0 Å². The van der Waals surface area contributed by atoms with E-state index in [9.17, 15) is 9.59 Å². The minimum atomic E-state index is -0.209. The minimum Gasteiger partial charge on any atom is -0.484 e. The molecule has 0 saturated heterocycles. The average Bonchev–Trinajstić information content (AvgIpc) is 2.67. The molecule has 0 spiro atoms. The molecule has 0 unspecified atom stereocenters. The molecule has 0 fully saturated rings. The maximum Gasteiger partial charge on any atom is 0.257 e. The lowest BCUT2D eigenvalue weighted by atomic mass is 10.1. The molecule has 26 heavy (non-hydrogen) atoms. The van der Waals surface area contributed by atoms with Crippen molar-refractivity contribution >= 4 is 28.4 Å². The molecular formula is C20H19N3O3. The van der Waals surface area contributed by atoms with Crippen LogP contribution in [0.4, 0.5) is 5.69 Å². The summed E-state index contributed by atoms with van der Waals surface area (Å²) in [5, 5.41) is 6.32. The number of hydrogen-bond donors (Lipinski definition) is 2. The Hall–Kier alpha value is -3.41. The van der Waals surface area contributed by atoms with Crippen molar-refractivity contribution in [1.82, 2.24) is 10.3 Å². The molecule has 3 aromatic rings. The number of benzene rings is 2. The first kappa shape index (κ1) is 17.4. The van der Waals surface area contributed by atoms with Crippen LogP contribution in [0.3, 0.4) is 0 Å². The van der Waals surface area contributed by atoms with E-state index in [1.165, 1.54) is 0 Å². The maximum atomic E-state index is 12.6. The molecule has 0 aliphatic heterocycles. The van der Waals surface area contributed by atoms with Gasteiger partial charge in [0.2, 0.25) is 0 Å². The number of likely N-dealkylation sites (N-methyl/N-ethyl adjacent to an activating group) is 1. The molecule has 2 amide bonds. The third-order valence-electron chi connectivity index (χ3n) is 3.75. The highest BCUT2D eigenvalue weighted by atomic mass is 16.5. The van der Waals surface area contributed by atoms with Crippen LogP contribution in [0.1, 0.15) is 17.3 Å². The molecule has 1 heterocycles. The van der Waals surface area contributed by atoms with Gasteiger partial charge in [-0.25, -0.2) is 0 Å². The fraction of sp³-hybridized carbons (Fsp3) is 0.150. The number of aromatic nitrogens is 1. The molecule has 3 rings (SSSR count). The zero-order valence-electron chi connectivity index (χ0n) is 14.4. The van der Waals surface area contributed by atoms with E-state index >= 15 is 0 Å². The molecule has 6 heteroatoms. The summed E-state index contributed by atoms with van der Waals surface area (Å²) in [5.74, 6) is 0.178. The molecule has 0 atom stereocenters. The van der Waals surface area contributed by atoms with E-state index in [4.69, 9.17) is 4.74 Å². The predicted molar refractivity (Wildman–Crippen MR) is 100 cm³/mol. The predicted octanol–water partition coefficient (Wildman–Crippen LogP) is 3.00. The SMILES string of the molecule is CCNC(=O)COc1ccc(NC(=O)c2ccnc3ccccc23)cc1. The van der Waals surface area contributed by atoms with E-state index < -0.39 is 0 Å². The third-order valence-corrected chi connectivity index (χ3v) is 3.75. The lowest BCUT2D eigenvalue weighted by Gasteiger charge is -2.09. The fourth-order valence-corrected chi connectivity index (χ4v) is 2.52. The summed E-state index contributed by atoms with van der Waals surface area (Å²) in [6.45, 7) is 2.38. The van der Waals surface area contributed by atoms with Gasteiger partial charge in [0.15, 0.2) is 6.61 Å². The topological polar surface area (TPSA) is 80.3 Å². The van der Waals surface area contributed by atoms with Gasteiger partial charge >= 0.3 is 0 Å². The highest BCUT2D eigenvalue weighted by Crippen LogP contribution is 2.19. The van der Waals surface area contributed by atoms with Crippen LogP contribution in [0.15, 0.2) is 60.8 Å². The summed E-state index contributed by atoms with van der Waals surface area (Å²) in [6.07, 6.45) is 1.62. The molecule has 2 N–H and O–H groups in total. The number of carbonyl (C=O) groups is 2. The van der Waals surface area contributed by atoms with E-state index in [2.05, 4.69) is 15.6 Å². The van der Waals surface area contributed by atoms with Crippen LogP contribution in [-0.4, -0.2) is 29.9 Å². The van der Waals surface area contributed by atoms with Gasteiger partial charge in [0.05, 0.1) is 11.1 Å². The lowest BCUT2D eigenvalue weighted by Crippen LogP contribution is -2.28. The van der Waals surface area contributed by atoms with Crippen LogP contribution in [0.5, 0.6) is 5.75 Å². The molecule has 0 saturated carbocycles. The summed E-state index contributed by atoms with van der Waals surface area (Å²) in [4.78, 5) is 28.2. The summed E-state index contributed by atoms with van der Waals surface area (Å²) in [7, 11) is 0. The Balaban J connectivity index is 1.67. The molecule has 0 aliphatic carbocycles. The maximum absolute atomic E-state index is 12.6. The second-order valence-electron chi connectivity index (χ2n) is 5.60. The second-order valence-corrected chi connectivity index (χ2v) is 5.60. The Morgan fingerprint density at radius 1 is 1.04 bits per heavy atom. The Bertz CT molecular complexity index is 918. The van der Waals surface area contributed by atoms with Crippen molar-refractivity contribution in [2.75, 3.05) is 18.5 Å². The van der Waals surface area contributed by atoms with Gasteiger partial charge in [0, 0.05) is 23.8 Å². The van der Waals surface area contributed by atoms with Crippen molar-refractivity contribution in [2.45, 2.75) is 6.92 Å². The first-order valence-corrected chi connectivity index (χ1v) is 8.32. The zero-order chi connectivity index (χ0) is 18.4. The van der Waals surface area contributed by atoms with Crippen LogP contribution in [0.2, 0.25) is 0 Å². The van der Waals surface area contributed by atoms with Crippen LogP contribution < -0.4 is 15.4 Å². The van der Waals surface area contributed by atoms with E-state index in [1.54, 1.807) is 36.5 Å². The van der Waals surface area contributed by atoms with Crippen LogP contribution in [0, 0.1) is 0 Å². The molecule has 6 nitrogen and oxygen atoms in total. The molecular weight excluding hydrogens is 330 g/mol. The minimum absolute atomic E-state index is 0.0391. The Kier molecular flexibility index (Phi) is 5.43. The number of ether oxygens (including phenoxy) is 1. The molecule has 1 aromatic heterocycles. The normalized spacial score (nSPS) is 10.3. The number of rotatable bonds is 6. The van der Waals surface area contributed by atoms with Gasteiger partial charge < -0.3 is 15.4 Å². The van der Waals surface area contributed by atoms with Gasteiger partial charge in [0.1, 0.15) is 5.75 Å². The third kappa shape index (κ3) is 4.16. The van der Waals surface area contributed by atoms with Crippen molar-refractivity contribution in [1.29, 1.82) is 0 Å². The van der Waals surface area contributed by atoms with Crippen LogP contribution in [0.25, 0.3) is 10.9 Å². The zero-order valence-corrected chi connectivity index (χ0v) is 14.4. The number of anilines is 1. The molecule has 132 valence electrons. The number of hydrogen-bond acceptors (Lipinski definition) is 4. The van der Waals surface area contributed by atoms with Crippen molar-refractivity contribution < 1.29 is 14.3 Å². The molecule has 0 aliphatic rings. The standard InChI is InChI=1S/C20H19N3O3/c1-2-21-19(24)13-26-15-9-7-14(8-10-15)23-20(25)17-11-12-22-18-6-4-3-5-16(17)18/h3-12H,2,13H2,1H3,(H,21,24)(H,23,25). The van der Waals surface area contributed by atoms with Crippen molar-refractivity contribution in [2.24, 2.45) is 0 Å². The second kappa shape index (κ2) is 8.11. The van der Waals surface area contributed by atoms with Gasteiger partial charge in [-0.05, 0) is 43.3 Å². The van der Waals surface area contributed by atoms with Crippen molar-refractivity contribution in [3.05, 3.63) is 66.4 Å². The number of pyridine rings is 1. The summed E-state index contributed by atoms with van der Waals surface area (Å²) >= 11 is 0. The summed E-state index contributed by atoms with van der Waals surface area (Å²) < 4.78 is 5.39. The van der Waals surface area contributed by atoms with Crippen molar-refractivity contribution in [3.63, 3.8) is 0 Å². The summed E-state index contributed by atoms with van der Waals surface area (Å²) in [6, 6.07) is 16.1. The number of nitrogens with zero attached hydrogens (tertiary/aromatic N) is 1. The number of amides is 2. The molecule has 0 radical (unpaired) electrons. The van der Waals surface area contributed by atoms with E-state index in [1.807, 2.05) is 31.2 Å². The lowest BCUT2D eigenvalue weighted by molar-refractivity contribution is -0.122. The smallest absolute Gasteiger partial charge is 0.257 e. The first-order valence-electron chi connectivity index (χ1n) is 8.32.